The van der Waals surface area contributed by atoms with Crippen LogP contribution in [0, 0.1) is 11.8 Å². The van der Waals surface area contributed by atoms with Gasteiger partial charge in [0.15, 0.2) is 5.78 Å². The second-order valence-corrected chi connectivity index (χ2v) is 4.70. The van der Waals surface area contributed by atoms with Crippen LogP contribution >= 0.6 is 0 Å². The molecule has 0 unspecified atom stereocenters. The van der Waals surface area contributed by atoms with Crippen LogP contribution in [0.25, 0.3) is 0 Å². The molecular weight excluding hydrogens is 232 g/mol. The molecule has 0 aliphatic heterocycles. The van der Waals surface area contributed by atoms with Gasteiger partial charge in [-0.25, -0.2) is 0 Å². The van der Waals surface area contributed by atoms with E-state index in [-0.39, 0.29) is 5.78 Å². The van der Waals surface area contributed by atoms with Crippen LogP contribution in [-0.2, 0) is 11.2 Å². The maximum atomic E-state index is 11.8. The Hall–Kier alpha value is -2.07. The zero-order valence-electron chi connectivity index (χ0n) is 11.1. The van der Waals surface area contributed by atoms with Crippen molar-refractivity contribution in [2.75, 3.05) is 0 Å². The van der Waals surface area contributed by atoms with E-state index >= 15 is 0 Å². The van der Waals surface area contributed by atoms with Gasteiger partial charge in [-0.05, 0) is 37.3 Å². The lowest BCUT2D eigenvalue weighted by atomic mass is 9.89. The third-order valence-corrected chi connectivity index (χ3v) is 3.33. The average molecular weight is 250 g/mol. The molecule has 0 atom stereocenters. The van der Waals surface area contributed by atoms with Crippen molar-refractivity contribution in [2.45, 2.75) is 32.1 Å². The number of carbonyl (C=O) groups is 1. The molecule has 0 bridgehead atoms. The molecule has 0 radical (unpaired) electrons. The highest BCUT2D eigenvalue weighted by molar-refractivity contribution is 6.04. The van der Waals surface area contributed by atoms with Crippen LogP contribution in [0.3, 0.4) is 0 Å². The number of carbonyl (C=O) groups excluding carboxylic acids is 1. The van der Waals surface area contributed by atoms with Gasteiger partial charge in [-0.2, -0.15) is 0 Å². The SMILES string of the molecule is C=CC(=O)C1=C(C#CCc2ccccc2)CCCC1. The Bertz CT molecular complexity index is 552. The van der Waals surface area contributed by atoms with Crippen molar-refractivity contribution in [1.82, 2.24) is 0 Å². The van der Waals surface area contributed by atoms with Gasteiger partial charge in [-0.15, -0.1) is 0 Å². The molecule has 0 saturated heterocycles. The van der Waals surface area contributed by atoms with E-state index in [2.05, 4.69) is 30.6 Å². The van der Waals surface area contributed by atoms with Crippen molar-refractivity contribution < 1.29 is 4.79 Å². The highest BCUT2D eigenvalue weighted by Gasteiger charge is 2.15. The van der Waals surface area contributed by atoms with Crippen LogP contribution in [0.4, 0.5) is 0 Å². The summed E-state index contributed by atoms with van der Waals surface area (Å²) in [6.07, 6.45) is 6.12. The quantitative estimate of drug-likeness (QED) is 0.588. The van der Waals surface area contributed by atoms with Crippen LogP contribution < -0.4 is 0 Å². The van der Waals surface area contributed by atoms with E-state index in [1.54, 1.807) is 0 Å². The highest BCUT2D eigenvalue weighted by atomic mass is 16.1. The summed E-state index contributed by atoms with van der Waals surface area (Å²) < 4.78 is 0. The van der Waals surface area contributed by atoms with Gasteiger partial charge in [-0.3, -0.25) is 4.79 Å². The normalized spacial score (nSPS) is 14.5. The number of hydrogen-bond donors (Lipinski definition) is 0. The van der Waals surface area contributed by atoms with Gasteiger partial charge in [-0.1, -0.05) is 48.8 Å². The van der Waals surface area contributed by atoms with E-state index in [0.29, 0.717) is 0 Å². The van der Waals surface area contributed by atoms with Crippen LogP contribution in [0.5, 0.6) is 0 Å². The predicted molar refractivity (Wildman–Crippen MR) is 78.6 cm³/mol. The Balaban J connectivity index is 2.14. The van der Waals surface area contributed by atoms with E-state index in [1.165, 1.54) is 11.6 Å². The van der Waals surface area contributed by atoms with Gasteiger partial charge in [0.05, 0.1) is 0 Å². The first kappa shape index (κ1) is 13.4. The standard InChI is InChI=1S/C18H18O/c1-2-18(19)17-14-7-6-12-16(17)13-8-11-15-9-4-3-5-10-15/h2-5,9-10H,1,6-7,11-12,14H2. The van der Waals surface area contributed by atoms with E-state index in [0.717, 1.165) is 43.3 Å². The number of rotatable bonds is 3. The van der Waals surface area contributed by atoms with E-state index in [4.69, 9.17) is 0 Å². The molecule has 1 heteroatoms. The highest BCUT2D eigenvalue weighted by Crippen LogP contribution is 2.25. The molecule has 0 heterocycles. The topological polar surface area (TPSA) is 17.1 Å². The molecule has 0 saturated carbocycles. The van der Waals surface area contributed by atoms with Crippen molar-refractivity contribution in [3.8, 4) is 11.8 Å². The summed E-state index contributed by atoms with van der Waals surface area (Å²) in [6.45, 7) is 3.57. The van der Waals surface area contributed by atoms with Crippen molar-refractivity contribution in [3.05, 3.63) is 59.7 Å². The van der Waals surface area contributed by atoms with Gasteiger partial charge < -0.3 is 0 Å². The maximum Gasteiger partial charge on any atom is 0.182 e. The van der Waals surface area contributed by atoms with Crippen molar-refractivity contribution in [2.24, 2.45) is 0 Å². The summed E-state index contributed by atoms with van der Waals surface area (Å²) in [4.78, 5) is 11.8. The van der Waals surface area contributed by atoms with Gasteiger partial charge in [0.2, 0.25) is 0 Å². The molecule has 96 valence electrons. The second-order valence-electron chi connectivity index (χ2n) is 4.70. The zero-order valence-corrected chi connectivity index (χ0v) is 11.1. The number of ketones is 1. The number of hydrogen-bond acceptors (Lipinski definition) is 1. The van der Waals surface area contributed by atoms with E-state index in [9.17, 15) is 4.79 Å². The minimum Gasteiger partial charge on any atom is -0.290 e. The number of allylic oxidation sites excluding steroid dienone is 3. The third kappa shape index (κ3) is 3.69. The molecule has 1 aliphatic carbocycles. The van der Waals surface area contributed by atoms with Gasteiger partial charge in [0, 0.05) is 17.6 Å². The van der Waals surface area contributed by atoms with E-state index < -0.39 is 0 Å². The molecule has 0 fully saturated rings. The minimum absolute atomic E-state index is 0.0451. The van der Waals surface area contributed by atoms with Gasteiger partial charge >= 0.3 is 0 Å². The molecule has 0 amide bonds. The monoisotopic (exact) mass is 250 g/mol. The first-order chi connectivity index (χ1) is 9.31. The molecular formula is C18H18O. The zero-order chi connectivity index (χ0) is 13.5. The fourth-order valence-electron chi connectivity index (χ4n) is 2.29. The minimum atomic E-state index is 0.0451. The Morgan fingerprint density at radius 2 is 1.95 bits per heavy atom. The smallest absolute Gasteiger partial charge is 0.182 e. The lowest BCUT2D eigenvalue weighted by molar-refractivity contribution is -0.111. The van der Waals surface area contributed by atoms with Crippen LogP contribution in [0.2, 0.25) is 0 Å². The fraction of sp³-hybridized carbons (Fsp3) is 0.278. The first-order valence-electron chi connectivity index (χ1n) is 6.73. The van der Waals surface area contributed by atoms with Crippen LogP contribution in [-0.4, -0.2) is 5.78 Å². The third-order valence-electron chi connectivity index (χ3n) is 3.33. The Kier molecular flexibility index (Phi) is 4.75. The van der Waals surface area contributed by atoms with Crippen molar-refractivity contribution in [3.63, 3.8) is 0 Å². The molecule has 1 nitrogen and oxygen atoms in total. The van der Waals surface area contributed by atoms with Crippen molar-refractivity contribution in [1.29, 1.82) is 0 Å². The van der Waals surface area contributed by atoms with Gasteiger partial charge in [0.25, 0.3) is 0 Å². The summed E-state index contributed by atoms with van der Waals surface area (Å²) in [5.41, 5.74) is 3.11. The Labute approximate surface area is 115 Å². The molecule has 1 aromatic carbocycles. The molecule has 2 rings (SSSR count). The predicted octanol–water partition coefficient (Wildman–Crippen LogP) is 3.86. The average Bonchev–Trinajstić information content (AvgIpc) is 2.48. The Morgan fingerprint density at radius 3 is 2.68 bits per heavy atom. The van der Waals surface area contributed by atoms with E-state index in [1.807, 2.05) is 18.2 Å². The number of benzene rings is 1. The lowest BCUT2D eigenvalue weighted by Gasteiger charge is -2.14. The largest absolute Gasteiger partial charge is 0.290 e. The molecule has 0 N–H and O–H groups in total. The molecule has 1 aromatic rings. The first-order valence-corrected chi connectivity index (χ1v) is 6.73. The summed E-state index contributed by atoms with van der Waals surface area (Å²) in [5.74, 6) is 6.43. The maximum absolute atomic E-state index is 11.8. The summed E-state index contributed by atoms with van der Waals surface area (Å²) in [7, 11) is 0. The molecule has 0 spiro atoms. The Morgan fingerprint density at radius 1 is 1.21 bits per heavy atom. The van der Waals surface area contributed by atoms with Gasteiger partial charge in [0.1, 0.15) is 0 Å². The molecule has 1 aliphatic rings. The second kappa shape index (κ2) is 6.75. The van der Waals surface area contributed by atoms with Crippen LogP contribution in [0.1, 0.15) is 31.2 Å². The van der Waals surface area contributed by atoms with Crippen LogP contribution in [0.15, 0.2) is 54.1 Å². The van der Waals surface area contributed by atoms with Crippen molar-refractivity contribution >= 4 is 5.78 Å². The summed E-state index contributed by atoms with van der Waals surface area (Å²) >= 11 is 0. The molecule has 19 heavy (non-hydrogen) atoms. The summed E-state index contributed by atoms with van der Waals surface area (Å²) in [6, 6.07) is 10.2. The summed E-state index contributed by atoms with van der Waals surface area (Å²) in [5, 5.41) is 0. The fourth-order valence-corrected chi connectivity index (χ4v) is 2.29. The molecule has 0 aromatic heterocycles. The lowest BCUT2D eigenvalue weighted by Crippen LogP contribution is -2.06.